The van der Waals surface area contributed by atoms with E-state index in [1.165, 1.54) is 0 Å². The van der Waals surface area contributed by atoms with Gasteiger partial charge in [0.25, 0.3) is 0 Å². The van der Waals surface area contributed by atoms with Crippen LogP contribution in [0.5, 0.6) is 5.75 Å². The molecule has 0 aliphatic carbocycles. The minimum Gasteiger partial charge on any atom is -0.507 e. The lowest BCUT2D eigenvalue weighted by molar-refractivity contribution is 0.112. The zero-order valence-corrected chi connectivity index (χ0v) is 9.05. The van der Waals surface area contributed by atoms with E-state index >= 15 is 0 Å². The van der Waals surface area contributed by atoms with Crippen molar-refractivity contribution in [2.75, 3.05) is 0 Å². The summed E-state index contributed by atoms with van der Waals surface area (Å²) in [7, 11) is 0. The van der Waals surface area contributed by atoms with Crippen molar-refractivity contribution in [2.24, 2.45) is 0 Å². The van der Waals surface area contributed by atoms with Crippen LogP contribution in [0.1, 0.15) is 10.4 Å². The topological polar surface area (TPSA) is 37.3 Å². The molecule has 0 saturated heterocycles. The highest BCUT2D eigenvalue weighted by atomic mass is 16.3. The Balaban J connectivity index is 2.59. The predicted molar refractivity (Wildman–Crippen MR) is 68.5 cm³/mol. The van der Waals surface area contributed by atoms with E-state index < -0.39 is 0 Å². The quantitative estimate of drug-likeness (QED) is 0.505. The van der Waals surface area contributed by atoms with Gasteiger partial charge in [0.2, 0.25) is 0 Å². The smallest absolute Gasteiger partial charge is 0.153 e. The molecule has 0 heterocycles. The Kier molecular flexibility index (Phi) is 2.08. The molecule has 3 aromatic carbocycles. The molecule has 1 N–H and O–H groups in total. The van der Waals surface area contributed by atoms with Crippen molar-refractivity contribution >= 4 is 27.8 Å². The van der Waals surface area contributed by atoms with Gasteiger partial charge < -0.3 is 5.11 Å². The summed E-state index contributed by atoms with van der Waals surface area (Å²) in [6.45, 7) is 0. The van der Waals surface area contributed by atoms with Gasteiger partial charge in [-0.3, -0.25) is 4.79 Å². The molecule has 3 rings (SSSR count). The van der Waals surface area contributed by atoms with Gasteiger partial charge in [0, 0.05) is 5.39 Å². The number of benzene rings is 3. The molecule has 3 aromatic rings. The van der Waals surface area contributed by atoms with E-state index in [9.17, 15) is 9.90 Å². The number of aldehydes is 1. The van der Waals surface area contributed by atoms with Crippen LogP contribution in [0, 0.1) is 0 Å². The summed E-state index contributed by atoms with van der Waals surface area (Å²) >= 11 is 0. The van der Waals surface area contributed by atoms with Crippen molar-refractivity contribution in [3.05, 3.63) is 54.1 Å². The van der Waals surface area contributed by atoms with E-state index in [1.54, 1.807) is 6.07 Å². The Hall–Kier alpha value is -2.35. The zero-order chi connectivity index (χ0) is 11.8. The van der Waals surface area contributed by atoms with E-state index in [2.05, 4.69) is 0 Å². The van der Waals surface area contributed by atoms with E-state index in [0.29, 0.717) is 11.8 Å². The second kappa shape index (κ2) is 3.59. The summed E-state index contributed by atoms with van der Waals surface area (Å²) in [6, 6.07) is 15.3. The highest BCUT2D eigenvalue weighted by Crippen LogP contribution is 2.33. The van der Waals surface area contributed by atoms with E-state index in [4.69, 9.17) is 0 Å². The zero-order valence-electron chi connectivity index (χ0n) is 9.05. The molecule has 0 spiro atoms. The average Bonchev–Trinajstić information content (AvgIpc) is 2.38. The lowest BCUT2D eigenvalue weighted by Gasteiger charge is -2.07. The number of carbonyl (C=O) groups is 1. The van der Waals surface area contributed by atoms with Gasteiger partial charge in [0.05, 0.1) is 5.56 Å². The molecule has 0 fully saturated rings. The first-order chi connectivity index (χ1) is 8.31. The highest BCUT2D eigenvalue weighted by Gasteiger charge is 2.08. The number of phenols is 1. The molecule has 82 valence electrons. The summed E-state index contributed by atoms with van der Waals surface area (Å²) in [5.41, 5.74) is 0.328. The minimum atomic E-state index is 0.0642. The molecular formula is C15H10O2. The number of hydrogen-bond acceptors (Lipinski definition) is 2. The molecule has 0 unspecified atom stereocenters. The maximum Gasteiger partial charge on any atom is 0.153 e. The van der Waals surface area contributed by atoms with E-state index in [1.807, 2.05) is 42.5 Å². The number of rotatable bonds is 1. The van der Waals surface area contributed by atoms with Gasteiger partial charge in [0.1, 0.15) is 5.75 Å². The summed E-state index contributed by atoms with van der Waals surface area (Å²) in [4.78, 5) is 10.8. The first kappa shape index (κ1) is 9.85. The van der Waals surface area contributed by atoms with Crippen molar-refractivity contribution in [3.63, 3.8) is 0 Å². The fraction of sp³-hybridized carbons (Fsp3) is 0. The summed E-state index contributed by atoms with van der Waals surface area (Å²) in [5, 5.41) is 13.8. The highest BCUT2D eigenvalue weighted by molar-refractivity contribution is 6.12. The van der Waals surface area contributed by atoms with Gasteiger partial charge in [-0.2, -0.15) is 0 Å². The number of hydrogen-bond donors (Lipinski definition) is 1. The van der Waals surface area contributed by atoms with E-state index in [0.717, 1.165) is 21.5 Å². The van der Waals surface area contributed by atoms with Gasteiger partial charge in [-0.05, 0) is 22.2 Å². The first-order valence-electron chi connectivity index (χ1n) is 5.40. The molecule has 0 saturated carbocycles. The Morgan fingerprint density at radius 1 is 0.882 bits per heavy atom. The molecule has 0 radical (unpaired) electrons. The molecule has 0 aromatic heterocycles. The summed E-state index contributed by atoms with van der Waals surface area (Å²) < 4.78 is 0. The number of aromatic hydroxyl groups is 1. The van der Waals surface area contributed by atoms with Crippen molar-refractivity contribution in [2.45, 2.75) is 0 Å². The average molecular weight is 222 g/mol. The monoisotopic (exact) mass is 222 g/mol. The van der Waals surface area contributed by atoms with Crippen molar-refractivity contribution in [1.82, 2.24) is 0 Å². The Labute approximate surface area is 98.1 Å². The normalized spacial score (nSPS) is 10.8. The molecule has 0 atom stereocenters. The third kappa shape index (κ3) is 1.38. The maximum absolute atomic E-state index is 10.8. The third-order valence-corrected chi connectivity index (χ3v) is 3.04. The number of phenolic OH excluding ortho intramolecular Hbond substituents is 1. The molecular weight excluding hydrogens is 212 g/mol. The van der Waals surface area contributed by atoms with Gasteiger partial charge in [-0.1, -0.05) is 42.5 Å². The number of carbonyl (C=O) groups excluding carboxylic acids is 1. The van der Waals surface area contributed by atoms with Crippen LogP contribution in [-0.2, 0) is 0 Å². The third-order valence-electron chi connectivity index (χ3n) is 3.04. The van der Waals surface area contributed by atoms with Crippen LogP contribution in [0.2, 0.25) is 0 Å². The van der Waals surface area contributed by atoms with Crippen LogP contribution in [0.4, 0.5) is 0 Å². The maximum atomic E-state index is 10.8. The van der Waals surface area contributed by atoms with Gasteiger partial charge in [-0.15, -0.1) is 0 Å². The Bertz CT molecular complexity index is 729. The van der Waals surface area contributed by atoms with E-state index in [-0.39, 0.29) is 5.75 Å². The second-order valence-electron chi connectivity index (χ2n) is 4.01. The fourth-order valence-corrected chi connectivity index (χ4v) is 2.19. The molecule has 2 nitrogen and oxygen atoms in total. The van der Waals surface area contributed by atoms with Crippen molar-refractivity contribution in [3.8, 4) is 5.75 Å². The van der Waals surface area contributed by atoms with Crippen LogP contribution in [0.3, 0.4) is 0 Å². The van der Waals surface area contributed by atoms with Crippen LogP contribution in [-0.4, -0.2) is 11.4 Å². The fourth-order valence-electron chi connectivity index (χ4n) is 2.19. The van der Waals surface area contributed by atoms with Crippen LogP contribution in [0.15, 0.2) is 48.5 Å². The first-order valence-corrected chi connectivity index (χ1v) is 5.40. The summed E-state index contributed by atoms with van der Waals surface area (Å²) in [5.74, 6) is 0.0642. The minimum absolute atomic E-state index is 0.0642. The predicted octanol–water partition coefficient (Wildman–Crippen LogP) is 3.51. The Morgan fingerprint density at radius 2 is 1.59 bits per heavy atom. The SMILES string of the molecule is O=Cc1ccc2ccc3ccccc3c2c1O. The summed E-state index contributed by atoms with van der Waals surface area (Å²) in [6.07, 6.45) is 0.677. The standard InChI is InChI=1S/C15H10O2/c16-9-12-8-7-11-6-5-10-3-1-2-4-13(10)14(11)15(12)17/h1-9,17H. The molecule has 2 heteroatoms. The second-order valence-corrected chi connectivity index (χ2v) is 4.01. The van der Waals surface area contributed by atoms with Crippen LogP contribution >= 0.6 is 0 Å². The van der Waals surface area contributed by atoms with Crippen molar-refractivity contribution < 1.29 is 9.90 Å². The number of fused-ring (bicyclic) bond motifs is 3. The van der Waals surface area contributed by atoms with Gasteiger partial charge >= 0.3 is 0 Å². The van der Waals surface area contributed by atoms with Crippen LogP contribution < -0.4 is 0 Å². The molecule has 0 aliphatic rings. The molecule has 0 aliphatic heterocycles. The molecule has 0 amide bonds. The van der Waals surface area contributed by atoms with Crippen LogP contribution in [0.25, 0.3) is 21.5 Å². The Morgan fingerprint density at radius 3 is 2.41 bits per heavy atom. The largest absolute Gasteiger partial charge is 0.507 e. The molecule has 0 bridgehead atoms. The van der Waals surface area contributed by atoms with Gasteiger partial charge in [-0.25, -0.2) is 0 Å². The lowest BCUT2D eigenvalue weighted by atomic mass is 9.99. The van der Waals surface area contributed by atoms with Crippen molar-refractivity contribution in [1.29, 1.82) is 0 Å². The lowest BCUT2D eigenvalue weighted by Crippen LogP contribution is -1.84. The molecule has 17 heavy (non-hydrogen) atoms. The van der Waals surface area contributed by atoms with Gasteiger partial charge in [0.15, 0.2) is 6.29 Å².